The largest absolute Gasteiger partial charge is 0.496 e. The topological polar surface area (TPSA) is 106 Å². The molecule has 36 heavy (non-hydrogen) atoms. The van der Waals surface area contributed by atoms with Crippen molar-refractivity contribution in [2.24, 2.45) is 5.92 Å². The van der Waals surface area contributed by atoms with Crippen LogP contribution in [0.4, 0.5) is 0 Å². The number of para-hydroxylation sites is 1. The minimum Gasteiger partial charge on any atom is -0.496 e. The van der Waals surface area contributed by atoms with Gasteiger partial charge in [0.25, 0.3) is 11.8 Å². The Kier molecular flexibility index (Phi) is 7.97. The van der Waals surface area contributed by atoms with Crippen LogP contribution in [0.25, 0.3) is 0 Å². The second-order valence-electron chi connectivity index (χ2n) is 9.17. The lowest BCUT2D eigenvalue weighted by molar-refractivity contribution is -0.125. The van der Waals surface area contributed by atoms with Crippen LogP contribution in [0.1, 0.15) is 53.8 Å². The SMILES string of the molecule is CC[C@@H](C)NC(=O)[C@@H](NC(=O)c1ccc2c(c1)OCO2)C1CCN(C(=O)c2ccccc2OC)CC1. The molecule has 2 aliphatic rings. The van der Waals surface area contributed by atoms with Crippen LogP contribution < -0.4 is 24.8 Å². The van der Waals surface area contributed by atoms with Gasteiger partial charge in [-0.1, -0.05) is 19.1 Å². The molecule has 0 bridgehead atoms. The summed E-state index contributed by atoms with van der Waals surface area (Å²) >= 11 is 0. The van der Waals surface area contributed by atoms with E-state index < -0.39 is 6.04 Å². The summed E-state index contributed by atoms with van der Waals surface area (Å²) in [6, 6.07) is 11.4. The number of hydrogen-bond donors (Lipinski definition) is 2. The predicted molar refractivity (Wildman–Crippen MR) is 133 cm³/mol. The normalized spacial score (nSPS) is 16.7. The number of methoxy groups -OCH3 is 1. The Morgan fingerprint density at radius 2 is 1.78 bits per heavy atom. The van der Waals surface area contributed by atoms with Crippen LogP contribution in [0.15, 0.2) is 42.5 Å². The highest BCUT2D eigenvalue weighted by Crippen LogP contribution is 2.32. The van der Waals surface area contributed by atoms with E-state index in [0.717, 1.165) is 6.42 Å². The molecule has 3 amide bonds. The van der Waals surface area contributed by atoms with Crippen molar-refractivity contribution in [2.75, 3.05) is 27.0 Å². The Morgan fingerprint density at radius 1 is 1.06 bits per heavy atom. The quantitative estimate of drug-likeness (QED) is 0.583. The molecule has 0 saturated carbocycles. The monoisotopic (exact) mass is 495 g/mol. The number of nitrogens with one attached hydrogen (secondary N) is 2. The van der Waals surface area contributed by atoms with Crippen molar-refractivity contribution in [3.05, 3.63) is 53.6 Å². The van der Waals surface area contributed by atoms with Crippen molar-refractivity contribution in [1.82, 2.24) is 15.5 Å². The van der Waals surface area contributed by atoms with Gasteiger partial charge in [0, 0.05) is 24.7 Å². The van der Waals surface area contributed by atoms with Crippen molar-refractivity contribution >= 4 is 17.7 Å². The molecule has 0 aromatic heterocycles. The van der Waals surface area contributed by atoms with Crippen molar-refractivity contribution in [2.45, 2.75) is 45.2 Å². The zero-order valence-corrected chi connectivity index (χ0v) is 20.9. The van der Waals surface area contributed by atoms with Crippen molar-refractivity contribution in [3.8, 4) is 17.2 Å². The Hall–Kier alpha value is -3.75. The van der Waals surface area contributed by atoms with Gasteiger partial charge in [0.05, 0.1) is 12.7 Å². The van der Waals surface area contributed by atoms with Crippen LogP contribution in [-0.4, -0.2) is 61.7 Å². The molecule has 2 heterocycles. The molecule has 0 spiro atoms. The molecule has 9 nitrogen and oxygen atoms in total. The van der Waals surface area contributed by atoms with E-state index in [9.17, 15) is 14.4 Å². The van der Waals surface area contributed by atoms with Crippen LogP contribution in [0.3, 0.4) is 0 Å². The van der Waals surface area contributed by atoms with Gasteiger partial charge in [-0.15, -0.1) is 0 Å². The lowest BCUT2D eigenvalue weighted by atomic mass is 9.88. The average molecular weight is 496 g/mol. The summed E-state index contributed by atoms with van der Waals surface area (Å²) in [7, 11) is 1.54. The average Bonchev–Trinajstić information content (AvgIpc) is 3.39. The Bertz CT molecular complexity index is 1110. The van der Waals surface area contributed by atoms with E-state index in [4.69, 9.17) is 14.2 Å². The van der Waals surface area contributed by atoms with Gasteiger partial charge in [0.1, 0.15) is 11.8 Å². The number of rotatable bonds is 8. The number of fused-ring (bicyclic) bond motifs is 1. The number of piperidine rings is 1. The number of amides is 3. The molecule has 0 aliphatic carbocycles. The third kappa shape index (κ3) is 5.56. The maximum absolute atomic E-state index is 13.2. The Balaban J connectivity index is 1.46. The molecule has 1 saturated heterocycles. The zero-order valence-electron chi connectivity index (χ0n) is 20.9. The van der Waals surface area contributed by atoms with E-state index in [1.165, 1.54) is 0 Å². The van der Waals surface area contributed by atoms with Crippen molar-refractivity contribution < 1.29 is 28.6 Å². The molecular weight excluding hydrogens is 462 g/mol. The molecule has 9 heteroatoms. The molecule has 2 atom stereocenters. The van der Waals surface area contributed by atoms with Gasteiger partial charge in [-0.25, -0.2) is 0 Å². The molecule has 2 aromatic carbocycles. The summed E-state index contributed by atoms with van der Waals surface area (Å²) < 4.78 is 16.1. The summed E-state index contributed by atoms with van der Waals surface area (Å²) in [4.78, 5) is 41.2. The number of benzene rings is 2. The lowest BCUT2D eigenvalue weighted by Gasteiger charge is -2.36. The molecule has 1 fully saturated rings. The van der Waals surface area contributed by atoms with Gasteiger partial charge >= 0.3 is 0 Å². The minimum absolute atomic E-state index is 0.0188. The second kappa shape index (κ2) is 11.3. The van der Waals surface area contributed by atoms with Crippen molar-refractivity contribution in [1.29, 1.82) is 0 Å². The molecule has 0 unspecified atom stereocenters. The van der Waals surface area contributed by atoms with Crippen LogP contribution in [0.2, 0.25) is 0 Å². The summed E-state index contributed by atoms with van der Waals surface area (Å²) in [6.07, 6.45) is 1.95. The van der Waals surface area contributed by atoms with Gasteiger partial charge in [0.2, 0.25) is 12.7 Å². The van der Waals surface area contributed by atoms with Gasteiger partial charge in [0.15, 0.2) is 11.5 Å². The smallest absolute Gasteiger partial charge is 0.257 e. The summed E-state index contributed by atoms with van der Waals surface area (Å²) in [5, 5.41) is 5.95. The first kappa shape index (κ1) is 25.3. The standard InChI is InChI=1S/C27H33N3O6/c1-4-17(2)28-26(32)24(29-25(31)19-9-10-22-23(15-19)36-16-35-22)18-11-13-30(14-12-18)27(33)20-7-5-6-8-21(20)34-3/h5-10,15,17-18,24H,4,11-14,16H2,1-3H3,(H,28,32)(H,29,31)/t17-,24+/m1/s1. The number of likely N-dealkylation sites (tertiary alicyclic amines) is 1. The molecular formula is C27H33N3O6. The third-order valence-electron chi connectivity index (χ3n) is 6.84. The third-order valence-corrected chi connectivity index (χ3v) is 6.84. The van der Waals surface area contributed by atoms with E-state index in [-0.39, 0.29) is 36.5 Å². The molecule has 2 N–H and O–H groups in total. The van der Waals surface area contributed by atoms with E-state index in [2.05, 4.69) is 10.6 Å². The summed E-state index contributed by atoms with van der Waals surface area (Å²) in [6.45, 7) is 5.01. The molecule has 2 aliphatic heterocycles. The number of nitrogens with zero attached hydrogens (tertiary/aromatic N) is 1. The van der Waals surface area contributed by atoms with Crippen molar-refractivity contribution in [3.63, 3.8) is 0 Å². The van der Waals surface area contributed by atoms with Gasteiger partial charge in [-0.2, -0.15) is 0 Å². The fourth-order valence-corrected chi connectivity index (χ4v) is 4.52. The lowest BCUT2D eigenvalue weighted by Crippen LogP contribution is -2.55. The summed E-state index contributed by atoms with van der Waals surface area (Å²) in [5.41, 5.74) is 0.907. The van der Waals surface area contributed by atoms with E-state index in [1.807, 2.05) is 26.0 Å². The van der Waals surface area contributed by atoms with Crippen LogP contribution in [-0.2, 0) is 4.79 Å². The predicted octanol–water partition coefficient (Wildman–Crippen LogP) is 2.99. The van der Waals surface area contributed by atoms with Crippen LogP contribution >= 0.6 is 0 Å². The number of carbonyl (C=O) groups is 3. The molecule has 0 radical (unpaired) electrons. The highest BCUT2D eigenvalue weighted by molar-refractivity contribution is 5.98. The maximum atomic E-state index is 13.2. The number of carbonyl (C=O) groups excluding carboxylic acids is 3. The van der Waals surface area contributed by atoms with Gasteiger partial charge in [-0.3, -0.25) is 14.4 Å². The second-order valence-corrected chi connectivity index (χ2v) is 9.17. The Labute approximate surface area is 211 Å². The van der Waals surface area contributed by atoms with Gasteiger partial charge < -0.3 is 29.7 Å². The first-order chi connectivity index (χ1) is 17.4. The number of hydrogen-bond acceptors (Lipinski definition) is 6. The highest BCUT2D eigenvalue weighted by Gasteiger charge is 2.35. The van der Waals surface area contributed by atoms with Gasteiger partial charge in [-0.05, 0) is 62.4 Å². The van der Waals surface area contributed by atoms with Crippen LogP contribution in [0, 0.1) is 5.92 Å². The van der Waals surface area contributed by atoms with E-state index >= 15 is 0 Å². The first-order valence-electron chi connectivity index (χ1n) is 12.3. The zero-order chi connectivity index (χ0) is 25.7. The number of ether oxygens (including phenoxy) is 3. The van der Waals surface area contributed by atoms with E-state index in [1.54, 1.807) is 42.3 Å². The highest BCUT2D eigenvalue weighted by atomic mass is 16.7. The first-order valence-corrected chi connectivity index (χ1v) is 12.3. The maximum Gasteiger partial charge on any atom is 0.257 e. The molecule has 4 rings (SSSR count). The minimum atomic E-state index is -0.722. The van der Waals surface area contributed by atoms with Crippen LogP contribution in [0.5, 0.6) is 17.2 Å². The molecule has 192 valence electrons. The van der Waals surface area contributed by atoms with E-state index in [0.29, 0.717) is 54.3 Å². The summed E-state index contributed by atoms with van der Waals surface area (Å²) in [5.74, 6) is 0.838. The Morgan fingerprint density at radius 3 is 2.50 bits per heavy atom. The fraction of sp³-hybridized carbons (Fsp3) is 0.444. The fourth-order valence-electron chi connectivity index (χ4n) is 4.52. The molecule has 2 aromatic rings.